The monoisotopic (exact) mass is 274 g/mol. The van der Waals surface area contributed by atoms with E-state index in [0.29, 0.717) is 15.1 Å². The molecule has 0 aliphatic rings. The molecule has 0 radical (unpaired) electrons. The summed E-state index contributed by atoms with van der Waals surface area (Å²) in [6.07, 6.45) is 0.357. The minimum absolute atomic E-state index is 0.269. The number of hydrogen-bond acceptors (Lipinski definition) is 5. The van der Waals surface area contributed by atoms with Crippen molar-refractivity contribution in [2.24, 2.45) is 0 Å². The maximum absolute atomic E-state index is 10.3. The molecule has 0 unspecified atom stereocenters. The lowest BCUT2D eigenvalue weighted by Crippen LogP contribution is -2.06. The minimum Gasteiger partial charge on any atom is -0.465 e. The lowest BCUT2D eigenvalue weighted by molar-refractivity contribution is 0.210. The average molecular weight is 275 g/mol. The Morgan fingerprint density at radius 2 is 2.36 bits per heavy atom. The van der Waals surface area contributed by atoms with Gasteiger partial charge in [0.15, 0.2) is 15.6 Å². The van der Waals surface area contributed by atoms with E-state index in [9.17, 15) is 4.79 Å². The summed E-state index contributed by atoms with van der Waals surface area (Å²) in [6.45, 7) is 0. The van der Waals surface area contributed by atoms with E-state index in [4.69, 9.17) is 5.11 Å². The smallest absolute Gasteiger partial charge is 0.410 e. The lowest BCUT2D eigenvalue weighted by Gasteiger charge is -1.89. The maximum atomic E-state index is 10.3. The van der Waals surface area contributed by atoms with Crippen molar-refractivity contribution in [2.75, 3.05) is 5.32 Å². The number of nitrogens with zero attached hydrogens (tertiary/aromatic N) is 3. The molecule has 2 N–H and O–H groups in total. The highest BCUT2D eigenvalue weighted by molar-refractivity contribution is 9.10. The third kappa shape index (κ3) is 1.80. The van der Waals surface area contributed by atoms with Crippen LogP contribution < -0.4 is 5.32 Å². The molecule has 0 saturated carbocycles. The maximum Gasteiger partial charge on any atom is 0.410 e. The lowest BCUT2D eigenvalue weighted by atomic mass is 10.7. The summed E-state index contributed by atoms with van der Waals surface area (Å²) in [6, 6.07) is 0. The van der Waals surface area contributed by atoms with Crippen LogP contribution in [-0.4, -0.2) is 26.2 Å². The van der Waals surface area contributed by atoms with Crippen LogP contribution in [0.4, 0.5) is 9.93 Å². The molecule has 0 aliphatic heterocycles. The highest BCUT2D eigenvalue weighted by Crippen LogP contribution is 2.23. The van der Waals surface area contributed by atoms with Crippen LogP contribution in [0.25, 0.3) is 10.5 Å². The zero-order valence-electron chi connectivity index (χ0n) is 6.56. The van der Waals surface area contributed by atoms with Gasteiger partial charge in [0.25, 0.3) is 0 Å². The Morgan fingerprint density at radius 1 is 1.57 bits per heavy atom. The molecule has 0 spiro atoms. The highest BCUT2D eigenvalue weighted by Gasteiger charge is 2.08. The Hall–Kier alpha value is -1.28. The molecule has 8 heteroatoms. The van der Waals surface area contributed by atoms with Gasteiger partial charge in [-0.1, -0.05) is 11.3 Å². The summed E-state index contributed by atoms with van der Waals surface area (Å²) in [4.78, 5) is 22.9. The summed E-state index contributed by atoms with van der Waals surface area (Å²) >= 11 is 4.29. The molecule has 1 amide bonds. The number of anilines is 1. The number of carboxylic acid groups (broad SMARTS) is 1. The van der Waals surface area contributed by atoms with E-state index in [1.165, 1.54) is 6.20 Å². The van der Waals surface area contributed by atoms with Crippen molar-refractivity contribution < 1.29 is 9.90 Å². The first-order valence-corrected chi connectivity index (χ1v) is 5.05. The van der Waals surface area contributed by atoms with Crippen LogP contribution in [0.15, 0.2) is 10.8 Å². The van der Waals surface area contributed by atoms with Gasteiger partial charge in [-0.15, -0.1) is 0 Å². The van der Waals surface area contributed by atoms with Crippen LogP contribution in [0.2, 0.25) is 0 Å². The SMILES string of the molecule is O=C(O)Nc1nc2ncc(Br)nc2s1. The van der Waals surface area contributed by atoms with Crippen molar-refractivity contribution in [3.63, 3.8) is 0 Å². The average Bonchev–Trinajstić information content (AvgIpc) is 2.44. The quantitative estimate of drug-likeness (QED) is 0.830. The molecule has 0 saturated heterocycles. The van der Waals surface area contributed by atoms with Crippen LogP contribution in [0.1, 0.15) is 0 Å². The highest BCUT2D eigenvalue weighted by atomic mass is 79.9. The third-order valence-corrected chi connectivity index (χ3v) is 2.54. The van der Waals surface area contributed by atoms with E-state index in [2.05, 4.69) is 36.2 Å². The third-order valence-electron chi connectivity index (χ3n) is 1.31. The molecule has 0 bridgehead atoms. The fraction of sp³-hybridized carbons (Fsp3) is 0. The number of nitrogens with one attached hydrogen (secondary N) is 1. The predicted molar refractivity (Wildman–Crippen MR) is 54.6 cm³/mol. The summed E-state index contributed by atoms with van der Waals surface area (Å²) in [5.74, 6) is 0. The zero-order chi connectivity index (χ0) is 10.1. The molecule has 0 atom stereocenters. The molecule has 0 fully saturated rings. The summed E-state index contributed by atoms with van der Waals surface area (Å²) in [7, 11) is 0. The molecule has 2 rings (SSSR count). The van der Waals surface area contributed by atoms with Crippen LogP contribution in [0, 0.1) is 0 Å². The standard InChI is InChI=1S/C6H3BrN4O2S/c7-2-1-8-3-4(9-2)14-5(10-3)11-6(12)13/h1H,(H,12,13)(H,8,10,11). The minimum atomic E-state index is -1.15. The van der Waals surface area contributed by atoms with Gasteiger partial charge in [0.1, 0.15) is 4.60 Å². The molecular formula is C6H3BrN4O2S. The van der Waals surface area contributed by atoms with Gasteiger partial charge in [-0.05, 0) is 15.9 Å². The molecule has 2 heterocycles. The Kier molecular flexibility index (Phi) is 2.30. The molecule has 6 nitrogen and oxygen atoms in total. The van der Waals surface area contributed by atoms with Gasteiger partial charge in [-0.3, -0.25) is 5.32 Å². The van der Waals surface area contributed by atoms with Gasteiger partial charge in [0.2, 0.25) is 0 Å². The van der Waals surface area contributed by atoms with Gasteiger partial charge < -0.3 is 5.11 Å². The van der Waals surface area contributed by atoms with Crippen molar-refractivity contribution in [2.45, 2.75) is 0 Å². The molecule has 0 aromatic carbocycles. The first-order valence-electron chi connectivity index (χ1n) is 3.44. The fourth-order valence-corrected chi connectivity index (χ4v) is 2.03. The van der Waals surface area contributed by atoms with Gasteiger partial charge >= 0.3 is 6.09 Å². The molecular weight excluding hydrogens is 272 g/mol. The van der Waals surface area contributed by atoms with E-state index in [-0.39, 0.29) is 5.13 Å². The number of thiazole rings is 1. The fourth-order valence-electron chi connectivity index (χ4n) is 0.846. The topological polar surface area (TPSA) is 88.0 Å². The van der Waals surface area contributed by atoms with Gasteiger partial charge in [-0.2, -0.15) is 4.98 Å². The van der Waals surface area contributed by atoms with E-state index in [0.717, 1.165) is 11.3 Å². The first-order chi connectivity index (χ1) is 6.65. The van der Waals surface area contributed by atoms with Crippen LogP contribution in [0.5, 0.6) is 0 Å². The second kappa shape index (κ2) is 3.46. The van der Waals surface area contributed by atoms with Crippen LogP contribution in [-0.2, 0) is 0 Å². The predicted octanol–water partition coefficient (Wildman–Crippen LogP) is 1.94. The molecule has 2 aromatic heterocycles. The Morgan fingerprint density at radius 3 is 3.07 bits per heavy atom. The van der Waals surface area contributed by atoms with Gasteiger partial charge in [0.05, 0.1) is 6.20 Å². The Balaban J connectivity index is 2.46. The Bertz CT molecular complexity index is 500. The summed E-state index contributed by atoms with van der Waals surface area (Å²) in [5.41, 5.74) is 0.432. The van der Waals surface area contributed by atoms with Crippen LogP contribution in [0.3, 0.4) is 0 Å². The van der Waals surface area contributed by atoms with Gasteiger partial charge in [0, 0.05) is 0 Å². The van der Waals surface area contributed by atoms with Crippen molar-refractivity contribution in [1.29, 1.82) is 0 Å². The number of carbonyl (C=O) groups is 1. The van der Waals surface area contributed by atoms with Crippen molar-refractivity contribution in [3.05, 3.63) is 10.8 Å². The molecule has 0 aliphatic carbocycles. The van der Waals surface area contributed by atoms with E-state index >= 15 is 0 Å². The van der Waals surface area contributed by atoms with E-state index in [1.54, 1.807) is 0 Å². The van der Waals surface area contributed by atoms with E-state index < -0.39 is 6.09 Å². The largest absolute Gasteiger partial charge is 0.465 e. The first kappa shape index (κ1) is 9.28. The molecule has 72 valence electrons. The second-order valence-electron chi connectivity index (χ2n) is 2.27. The number of fused-ring (bicyclic) bond motifs is 1. The normalized spacial score (nSPS) is 10.4. The number of amides is 1. The van der Waals surface area contributed by atoms with Crippen molar-refractivity contribution in [1.82, 2.24) is 15.0 Å². The second-order valence-corrected chi connectivity index (χ2v) is 4.06. The number of rotatable bonds is 1. The van der Waals surface area contributed by atoms with Crippen molar-refractivity contribution >= 4 is 49.0 Å². The number of aromatic nitrogens is 3. The Labute approximate surface area is 90.2 Å². The van der Waals surface area contributed by atoms with Crippen molar-refractivity contribution in [3.8, 4) is 0 Å². The summed E-state index contributed by atoms with van der Waals surface area (Å²) < 4.78 is 0.593. The number of halogens is 1. The van der Waals surface area contributed by atoms with E-state index in [1.807, 2.05) is 0 Å². The zero-order valence-corrected chi connectivity index (χ0v) is 8.96. The number of hydrogen-bond donors (Lipinski definition) is 2. The summed E-state index contributed by atoms with van der Waals surface area (Å²) in [5, 5.41) is 10.9. The molecule has 14 heavy (non-hydrogen) atoms. The van der Waals surface area contributed by atoms with Gasteiger partial charge in [-0.25, -0.2) is 14.8 Å². The molecule has 2 aromatic rings. The van der Waals surface area contributed by atoms with Crippen LogP contribution >= 0.6 is 27.3 Å².